The van der Waals surface area contributed by atoms with Gasteiger partial charge in [-0.1, -0.05) is 36.9 Å². The number of hydrogen-bond acceptors (Lipinski definition) is 4. The van der Waals surface area contributed by atoms with Crippen molar-refractivity contribution in [2.75, 3.05) is 7.05 Å². The standard InChI is InChI=1S/C25H31N3O4S/c1-5-24(29)26-22-15-18(2)28(19(3)16-22)33(31,32)23-13-11-21(12-14-23)25(30)27(4)17-20-9-7-6-8-10-20/h5-14,18-19,22H,1,15-17H2,2-4H3,(H,26,29). The van der Waals surface area contributed by atoms with Gasteiger partial charge in [-0.05, 0) is 62.6 Å². The average Bonchev–Trinajstić information content (AvgIpc) is 2.78. The summed E-state index contributed by atoms with van der Waals surface area (Å²) in [6.45, 7) is 7.62. The van der Waals surface area contributed by atoms with E-state index in [1.807, 2.05) is 44.2 Å². The third-order valence-corrected chi connectivity index (χ3v) is 8.08. The zero-order chi connectivity index (χ0) is 24.2. The summed E-state index contributed by atoms with van der Waals surface area (Å²) in [4.78, 5) is 26.2. The number of piperidine rings is 1. The summed E-state index contributed by atoms with van der Waals surface area (Å²) in [5.74, 6) is -0.434. The molecular formula is C25H31N3O4S. The van der Waals surface area contributed by atoms with Gasteiger partial charge in [0.2, 0.25) is 15.9 Å². The van der Waals surface area contributed by atoms with Crippen molar-refractivity contribution in [3.05, 3.63) is 78.4 Å². The number of benzene rings is 2. The Hall–Kier alpha value is -2.97. The SMILES string of the molecule is C=CC(=O)NC1CC(C)N(S(=O)(=O)c2ccc(C(=O)N(C)Cc3ccccc3)cc2)C(C)C1. The Morgan fingerprint density at radius 1 is 1.06 bits per heavy atom. The summed E-state index contributed by atoms with van der Waals surface area (Å²) in [6.07, 6.45) is 2.26. The maximum Gasteiger partial charge on any atom is 0.253 e. The first-order valence-corrected chi connectivity index (χ1v) is 12.4. The molecular weight excluding hydrogens is 438 g/mol. The Morgan fingerprint density at radius 2 is 1.64 bits per heavy atom. The van der Waals surface area contributed by atoms with Crippen molar-refractivity contribution in [2.24, 2.45) is 0 Å². The zero-order valence-electron chi connectivity index (χ0n) is 19.3. The van der Waals surface area contributed by atoms with Gasteiger partial charge in [0, 0.05) is 37.3 Å². The summed E-state index contributed by atoms with van der Waals surface area (Å²) < 4.78 is 28.3. The van der Waals surface area contributed by atoms with Crippen LogP contribution in [-0.4, -0.2) is 54.6 Å². The van der Waals surface area contributed by atoms with Crippen molar-refractivity contribution in [1.82, 2.24) is 14.5 Å². The molecule has 2 aromatic rings. The first kappa shape index (κ1) is 24.7. The van der Waals surface area contributed by atoms with Crippen molar-refractivity contribution in [3.63, 3.8) is 0 Å². The predicted octanol–water partition coefficient (Wildman–Crippen LogP) is 3.19. The topological polar surface area (TPSA) is 86.8 Å². The number of carbonyl (C=O) groups excluding carboxylic acids is 2. The molecule has 1 saturated heterocycles. The summed E-state index contributed by atoms with van der Waals surface area (Å²) in [6, 6.07) is 15.1. The number of amides is 2. The van der Waals surface area contributed by atoms with Crippen LogP contribution in [-0.2, 0) is 21.4 Å². The minimum Gasteiger partial charge on any atom is -0.350 e. The minimum absolute atomic E-state index is 0.105. The molecule has 2 amide bonds. The molecule has 8 heteroatoms. The van der Waals surface area contributed by atoms with Crippen molar-refractivity contribution in [1.29, 1.82) is 0 Å². The maximum atomic E-state index is 13.4. The largest absolute Gasteiger partial charge is 0.350 e. The highest BCUT2D eigenvalue weighted by molar-refractivity contribution is 7.89. The normalized spacial score (nSPS) is 21.2. The van der Waals surface area contributed by atoms with Crippen LogP contribution in [0.15, 0.2) is 72.1 Å². The molecule has 0 aliphatic carbocycles. The first-order valence-electron chi connectivity index (χ1n) is 11.0. The van der Waals surface area contributed by atoms with Crippen LogP contribution >= 0.6 is 0 Å². The van der Waals surface area contributed by atoms with E-state index in [9.17, 15) is 18.0 Å². The van der Waals surface area contributed by atoms with Gasteiger partial charge in [-0.2, -0.15) is 4.31 Å². The summed E-state index contributed by atoms with van der Waals surface area (Å²) in [7, 11) is -2.03. The Morgan fingerprint density at radius 3 is 2.18 bits per heavy atom. The molecule has 1 aliphatic heterocycles. The van der Waals surface area contributed by atoms with Gasteiger partial charge in [0.05, 0.1) is 4.90 Å². The third-order valence-electron chi connectivity index (χ3n) is 5.94. The maximum absolute atomic E-state index is 13.4. The number of sulfonamides is 1. The molecule has 176 valence electrons. The fourth-order valence-electron chi connectivity index (χ4n) is 4.45. The van der Waals surface area contributed by atoms with E-state index >= 15 is 0 Å². The molecule has 0 saturated carbocycles. The van der Waals surface area contributed by atoms with Gasteiger partial charge < -0.3 is 10.2 Å². The lowest BCUT2D eigenvalue weighted by molar-refractivity contribution is -0.117. The van der Waals surface area contributed by atoms with E-state index in [0.717, 1.165) is 5.56 Å². The van der Waals surface area contributed by atoms with E-state index in [4.69, 9.17) is 0 Å². The number of nitrogens with one attached hydrogen (secondary N) is 1. The molecule has 1 N–H and O–H groups in total. The molecule has 1 aliphatic rings. The first-order chi connectivity index (χ1) is 15.6. The molecule has 0 bridgehead atoms. The average molecular weight is 470 g/mol. The van der Waals surface area contributed by atoms with E-state index in [-0.39, 0.29) is 34.8 Å². The molecule has 1 fully saturated rings. The lowest BCUT2D eigenvalue weighted by Gasteiger charge is -2.41. The van der Waals surface area contributed by atoms with Gasteiger partial charge >= 0.3 is 0 Å². The highest BCUT2D eigenvalue weighted by atomic mass is 32.2. The van der Waals surface area contributed by atoms with Gasteiger partial charge in [0.1, 0.15) is 0 Å². The van der Waals surface area contributed by atoms with E-state index in [2.05, 4.69) is 11.9 Å². The minimum atomic E-state index is -3.75. The number of nitrogens with zero attached hydrogens (tertiary/aromatic N) is 2. The van der Waals surface area contributed by atoms with Crippen molar-refractivity contribution >= 4 is 21.8 Å². The highest BCUT2D eigenvalue weighted by Crippen LogP contribution is 2.30. The van der Waals surface area contributed by atoms with E-state index in [1.165, 1.54) is 22.5 Å². The lowest BCUT2D eigenvalue weighted by Crippen LogP contribution is -2.54. The lowest BCUT2D eigenvalue weighted by atomic mass is 9.95. The van der Waals surface area contributed by atoms with Gasteiger partial charge in [0.15, 0.2) is 0 Å². The second-order valence-electron chi connectivity index (χ2n) is 8.59. The second-order valence-corrected chi connectivity index (χ2v) is 10.4. The summed E-state index contributed by atoms with van der Waals surface area (Å²) >= 11 is 0. The van der Waals surface area contributed by atoms with Crippen LogP contribution in [0, 0.1) is 0 Å². The Bertz CT molecular complexity index is 1090. The molecule has 0 aromatic heterocycles. The fraction of sp³-hybridized carbons (Fsp3) is 0.360. The smallest absolute Gasteiger partial charge is 0.253 e. The van der Waals surface area contributed by atoms with Crippen LogP contribution in [0.3, 0.4) is 0 Å². The molecule has 2 unspecified atom stereocenters. The molecule has 1 heterocycles. The van der Waals surface area contributed by atoms with Crippen LogP contribution in [0.4, 0.5) is 0 Å². The van der Waals surface area contributed by atoms with Crippen LogP contribution in [0.25, 0.3) is 0 Å². The van der Waals surface area contributed by atoms with Gasteiger partial charge in [-0.25, -0.2) is 8.42 Å². The molecule has 33 heavy (non-hydrogen) atoms. The van der Waals surface area contributed by atoms with E-state index < -0.39 is 10.0 Å². The van der Waals surface area contributed by atoms with Crippen LogP contribution in [0.2, 0.25) is 0 Å². The number of carbonyl (C=O) groups is 2. The molecule has 3 rings (SSSR count). The van der Waals surface area contributed by atoms with Crippen LogP contribution in [0.1, 0.15) is 42.6 Å². The monoisotopic (exact) mass is 469 g/mol. The van der Waals surface area contributed by atoms with Crippen LogP contribution < -0.4 is 5.32 Å². The van der Waals surface area contributed by atoms with Crippen LogP contribution in [0.5, 0.6) is 0 Å². The predicted molar refractivity (Wildman–Crippen MR) is 128 cm³/mol. The Labute approximate surface area is 196 Å². The fourth-order valence-corrected chi connectivity index (χ4v) is 6.30. The van der Waals surface area contributed by atoms with Gasteiger partial charge in [-0.15, -0.1) is 0 Å². The number of rotatable bonds is 7. The molecule has 0 radical (unpaired) electrons. The molecule has 2 aromatic carbocycles. The summed E-state index contributed by atoms with van der Waals surface area (Å²) in [5, 5.41) is 2.87. The Balaban J connectivity index is 1.72. The van der Waals surface area contributed by atoms with Crippen molar-refractivity contribution in [3.8, 4) is 0 Å². The van der Waals surface area contributed by atoms with Crippen molar-refractivity contribution < 1.29 is 18.0 Å². The third kappa shape index (κ3) is 5.69. The van der Waals surface area contributed by atoms with Gasteiger partial charge in [-0.3, -0.25) is 9.59 Å². The Kier molecular flexibility index (Phi) is 7.71. The second kappa shape index (κ2) is 10.3. The molecule has 0 spiro atoms. The number of hydrogen-bond donors (Lipinski definition) is 1. The summed E-state index contributed by atoms with van der Waals surface area (Å²) in [5.41, 5.74) is 1.45. The zero-order valence-corrected chi connectivity index (χ0v) is 20.1. The molecule has 2 atom stereocenters. The van der Waals surface area contributed by atoms with E-state index in [1.54, 1.807) is 24.1 Å². The quantitative estimate of drug-likeness (QED) is 0.631. The van der Waals surface area contributed by atoms with E-state index in [0.29, 0.717) is 24.9 Å². The highest BCUT2D eigenvalue weighted by Gasteiger charge is 2.39. The van der Waals surface area contributed by atoms with Crippen molar-refractivity contribution in [2.45, 2.75) is 56.3 Å². The van der Waals surface area contributed by atoms with Gasteiger partial charge in [0.25, 0.3) is 5.91 Å². The molecule has 7 nitrogen and oxygen atoms in total.